The van der Waals surface area contributed by atoms with Crippen LogP contribution in [0.1, 0.15) is 31.2 Å². The maximum Gasteiger partial charge on any atom is 0.250 e. The van der Waals surface area contributed by atoms with E-state index in [9.17, 15) is 4.79 Å². The molecule has 1 N–H and O–H groups in total. The normalized spacial score (nSPS) is 15.4. The quantitative estimate of drug-likeness (QED) is 0.687. The number of hydrogen-bond acceptors (Lipinski definition) is 3. The van der Waals surface area contributed by atoms with Gasteiger partial charge in [-0.05, 0) is 37.2 Å². The lowest BCUT2D eigenvalue weighted by atomic mass is 10.2. The van der Waals surface area contributed by atoms with E-state index < -0.39 is 0 Å². The van der Waals surface area contributed by atoms with Crippen LogP contribution in [0.4, 0.5) is 0 Å². The summed E-state index contributed by atoms with van der Waals surface area (Å²) in [7, 11) is 1.61. The highest BCUT2D eigenvalue weighted by Gasteiger charge is 2.13. The first kappa shape index (κ1) is 16.5. The van der Waals surface area contributed by atoms with Crippen molar-refractivity contribution < 1.29 is 9.53 Å². The second kappa shape index (κ2) is 8.54. The number of nitrogens with one attached hydrogen (secondary N) is 1. The maximum absolute atomic E-state index is 12.0. The third kappa shape index (κ3) is 4.84. The molecule has 1 saturated heterocycles. The Morgan fingerprint density at radius 3 is 2.59 bits per heavy atom. The lowest BCUT2D eigenvalue weighted by Gasteiger charge is -2.22. The van der Waals surface area contributed by atoms with Gasteiger partial charge in [-0.2, -0.15) is 0 Å². The Balaban J connectivity index is 1.91. The molecule has 22 heavy (non-hydrogen) atoms. The molecule has 4 nitrogen and oxygen atoms in total. The number of nitrogens with zero attached hydrogens (tertiary/aromatic N) is 1. The first-order valence-electron chi connectivity index (χ1n) is 7.61. The Morgan fingerprint density at radius 1 is 1.23 bits per heavy atom. The van der Waals surface area contributed by atoms with Crippen molar-refractivity contribution in [2.75, 3.05) is 20.2 Å². The molecule has 0 bridgehead atoms. The SMILES string of the molecule is COc1ccccc1/C=C/C(=O)NC(=S)N1CCCCCC1. The van der Waals surface area contributed by atoms with Crippen LogP contribution in [0.3, 0.4) is 0 Å². The fourth-order valence-corrected chi connectivity index (χ4v) is 2.75. The number of carbonyl (C=O) groups is 1. The Hall–Kier alpha value is -1.88. The topological polar surface area (TPSA) is 41.6 Å². The number of rotatable bonds is 3. The molecule has 1 fully saturated rings. The number of thiocarbonyl (C=S) groups is 1. The van der Waals surface area contributed by atoms with E-state index in [2.05, 4.69) is 10.2 Å². The van der Waals surface area contributed by atoms with Crippen molar-refractivity contribution in [3.8, 4) is 5.75 Å². The molecule has 5 heteroatoms. The summed E-state index contributed by atoms with van der Waals surface area (Å²) >= 11 is 5.33. The van der Waals surface area contributed by atoms with Crippen LogP contribution in [-0.2, 0) is 4.79 Å². The van der Waals surface area contributed by atoms with Crippen molar-refractivity contribution in [1.82, 2.24) is 10.2 Å². The van der Waals surface area contributed by atoms with Crippen LogP contribution in [-0.4, -0.2) is 36.1 Å². The molecule has 118 valence electrons. The van der Waals surface area contributed by atoms with Gasteiger partial charge in [0.1, 0.15) is 5.75 Å². The number of ether oxygens (including phenoxy) is 1. The first-order chi connectivity index (χ1) is 10.7. The minimum absolute atomic E-state index is 0.208. The van der Waals surface area contributed by atoms with Crippen LogP contribution >= 0.6 is 12.2 Å². The van der Waals surface area contributed by atoms with Crippen molar-refractivity contribution in [3.63, 3.8) is 0 Å². The van der Waals surface area contributed by atoms with Crippen LogP contribution in [0, 0.1) is 0 Å². The van der Waals surface area contributed by atoms with E-state index in [4.69, 9.17) is 17.0 Å². The fourth-order valence-electron chi connectivity index (χ4n) is 2.47. The van der Waals surface area contributed by atoms with Crippen LogP contribution in [0.2, 0.25) is 0 Å². The number of hydrogen-bond donors (Lipinski definition) is 1. The van der Waals surface area contributed by atoms with Gasteiger partial charge < -0.3 is 9.64 Å². The molecule has 0 aromatic heterocycles. The van der Waals surface area contributed by atoms with E-state index in [1.807, 2.05) is 24.3 Å². The number of para-hydroxylation sites is 1. The standard InChI is InChI=1S/C17H22N2O2S/c1-21-15-9-5-4-8-14(15)10-11-16(20)18-17(22)19-12-6-2-3-7-13-19/h4-5,8-11H,2-3,6-7,12-13H2,1H3,(H,18,20,22)/b11-10+. The van der Waals surface area contributed by atoms with Crippen molar-refractivity contribution in [1.29, 1.82) is 0 Å². The van der Waals surface area contributed by atoms with Gasteiger partial charge in [-0.25, -0.2) is 0 Å². The molecule has 1 aromatic rings. The molecule has 1 aromatic carbocycles. The highest BCUT2D eigenvalue weighted by atomic mass is 32.1. The minimum atomic E-state index is -0.208. The molecule has 1 aliphatic rings. The van der Waals surface area contributed by atoms with Gasteiger partial charge in [0.25, 0.3) is 0 Å². The minimum Gasteiger partial charge on any atom is -0.496 e. The molecule has 0 radical (unpaired) electrons. The van der Waals surface area contributed by atoms with Crippen LogP contribution in [0.25, 0.3) is 6.08 Å². The lowest BCUT2D eigenvalue weighted by Crippen LogP contribution is -2.42. The van der Waals surface area contributed by atoms with E-state index in [1.165, 1.54) is 18.9 Å². The number of amides is 1. The van der Waals surface area contributed by atoms with Crippen LogP contribution in [0.5, 0.6) is 5.75 Å². The molecule has 2 rings (SSSR count). The molecular formula is C17H22N2O2S. The summed E-state index contributed by atoms with van der Waals surface area (Å²) in [4.78, 5) is 14.1. The number of carbonyl (C=O) groups excluding carboxylic acids is 1. The summed E-state index contributed by atoms with van der Waals surface area (Å²) < 4.78 is 5.25. The smallest absolute Gasteiger partial charge is 0.250 e. The average Bonchev–Trinajstić information content (AvgIpc) is 2.82. The summed E-state index contributed by atoms with van der Waals surface area (Å²) in [6, 6.07) is 7.56. The number of methoxy groups -OCH3 is 1. The van der Waals surface area contributed by atoms with Gasteiger partial charge >= 0.3 is 0 Å². The number of benzene rings is 1. The molecule has 1 amide bonds. The van der Waals surface area contributed by atoms with Crippen molar-refractivity contribution in [2.24, 2.45) is 0 Å². The predicted molar refractivity (Wildman–Crippen MR) is 92.8 cm³/mol. The third-order valence-corrected chi connectivity index (χ3v) is 4.04. The first-order valence-corrected chi connectivity index (χ1v) is 8.02. The van der Waals surface area contributed by atoms with E-state index in [0.717, 1.165) is 37.2 Å². The van der Waals surface area contributed by atoms with Gasteiger partial charge in [-0.15, -0.1) is 0 Å². The molecule has 0 atom stereocenters. The molecule has 0 spiro atoms. The van der Waals surface area contributed by atoms with E-state index in [0.29, 0.717) is 5.11 Å². The summed E-state index contributed by atoms with van der Waals surface area (Å²) in [6.07, 6.45) is 7.96. The lowest BCUT2D eigenvalue weighted by molar-refractivity contribution is -0.115. The van der Waals surface area contributed by atoms with Gasteiger partial charge in [0.05, 0.1) is 7.11 Å². The second-order valence-corrected chi connectivity index (χ2v) is 5.66. The second-order valence-electron chi connectivity index (χ2n) is 5.27. The van der Waals surface area contributed by atoms with Gasteiger partial charge in [0.15, 0.2) is 5.11 Å². The molecule has 1 heterocycles. The summed E-state index contributed by atoms with van der Waals surface area (Å²) in [5.41, 5.74) is 0.862. The zero-order chi connectivity index (χ0) is 15.8. The van der Waals surface area contributed by atoms with E-state index in [-0.39, 0.29) is 5.91 Å². The highest BCUT2D eigenvalue weighted by molar-refractivity contribution is 7.80. The van der Waals surface area contributed by atoms with Crippen LogP contribution < -0.4 is 10.1 Å². The Kier molecular flexibility index (Phi) is 6.40. The monoisotopic (exact) mass is 318 g/mol. The zero-order valence-corrected chi connectivity index (χ0v) is 13.7. The molecule has 0 unspecified atom stereocenters. The largest absolute Gasteiger partial charge is 0.496 e. The third-order valence-electron chi connectivity index (χ3n) is 3.68. The zero-order valence-electron chi connectivity index (χ0n) is 12.9. The Labute approximate surface area is 137 Å². The van der Waals surface area contributed by atoms with E-state index >= 15 is 0 Å². The number of likely N-dealkylation sites (tertiary alicyclic amines) is 1. The summed E-state index contributed by atoms with van der Waals surface area (Å²) in [5.74, 6) is 0.529. The summed E-state index contributed by atoms with van der Waals surface area (Å²) in [5, 5.41) is 3.30. The molecular weight excluding hydrogens is 296 g/mol. The van der Waals surface area contributed by atoms with Crippen LogP contribution in [0.15, 0.2) is 30.3 Å². The Bertz CT molecular complexity index is 549. The van der Waals surface area contributed by atoms with Gasteiger partial charge in [0.2, 0.25) is 5.91 Å². The van der Waals surface area contributed by atoms with Crippen molar-refractivity contribution in [2.45, 2.75) is 25.7 Å². The highest BCUT2D eigenvalue weighted by Crippen LogP contribution is 2.18. The van der Waals surface area contributed by atoms with Crippen molar-refractivity contribution in [3.05, 3.63) is 35.9 Å². The molecule has 1 aliphatic heterocycles. The van der Waals surface area contributed by atoms with Gasteiger partial charge in [-0.3, -0.25) is 10.1 Å². The van der Waals surface area contributed by atoms with Crippen molar-refractivity contribution >= 4 is 29.3 Å². The predicted octanol–water partition coefficient (Wildman–Crippen LogP) is 2.99. The fraction of sp³-hybridized carbons (Fsp3) is 0.412. The maximum atomic E-state index is 12.0. The van der Waals surface area contributed by atoms with Gasteiger partial charge in [0, 0.05) is 24.7 Å². The van der Waals surface area contributed by atoms with Gasteiger partial charge in [-0.1, -0.05) is 31.0 Å². The molecule has 0 saturated carbocycles. The Morgan fingerprint density at radius 2 is 1.91 bits per heavy atom. The average molecular weight is 318 g/mol. The molecule has 0 aliphatic carbocycles. The van der Waals surface area contributed by atoms with E-state index in [1.54, 1.807) is 13.2 Å². The summed E-state index contributed by atoms with van der Waals surface area (Å²) in [6.45, 7) is 1.85.